The number of allylic oxidation sites excluding steroid dienone is 2. The van der Waals surface area contributed by atoms with Crippen LogP contribution in [-0.2, 0) is 11.3 Å². The zero-order chi connectivity index (χ0) is 32.2. The number of nitriles is 1. The van der Waals surface area contributed by atoms with Gasteiger partial charge in [0, 0.05) is 23.5 Å². The number of anilines is 2. The number of hydrogen-bond donors (Lipinski definition) is 3. The van der Waals surface area contributed by atoms with Crippen LogP contribution in [0.1, 0.15) is 53.6 Å². The largest absolute Gasteiger partial charge is 0.573 e. The first-order valence-corrected chi connectivity index (χ1v) is 14.3. The second-order valence-corrected chi connectivity index (χ2v) is 10.2. The monoisotopic (exact) mass is 619 g/mol. The molecule has 0 atom stereocenters. The second kappa shape index (κ2) is 15.4. The minimum atomic E-state index is -4.82. The van der Waals surface area contributed by atoms with E-state index < -0.39 is 18.2 Å². The molecular weight excluding hydrogens is 587 g/mol. The maximum Gasteiger partial charge on any atom is 0.573 e. The highest BCUT2D eigenvalue weighted by Gasteiger charge is 2.31. The number of ether oxygens (including phenoxy) is 1. The summed E-state index contributed by atoms with van der Waals surface area (Å²) in [6.07, 6.45) is 1.59. The summed E-state index contributed by atoms with van der Waals surface area (Å²) in [6, 6.07) is 21.9. The Morgan fingerprint density at radius 2 is 1.71 bits per heavy atom. The van der Waals surface area contributed by atoms with E-state index in [0.717, 1.165) is 36.1 Å². The average molecular weight is 620 g/mol. The predicted molar refractivity (Wildman–Crippen MR) is 165 cm³/mol. The van der Waals surface area contributed by atoms with Gasteiger partial charge in [0.25, 0.3) is 5.91 Å². The third kappa shape index (κ3) is 10.1. The molecule has 0 unspecified atom stereocenters. The van der Waals surface area contributed by atoms with Crippen LogP contribution in [0.25, 0.3) is 5.57 Å². The number of carbonyl (C=O) groups is 2. The minimum absolute atomic E-state index is 0.00426. The van der Waals surface area contributed by atoms with E-state index in [1.54, 1.807) is 24.3 Å². The molecule has 1 amide bonds. The van der Waals surface area contributed by atoms with Gasteiger partial charge < -0.3 is 25.4 Å². The predicted octanol–water partition coefficient (Wildman–Crippen LogP) is 6.75. The van der Waals surface area contributed by atoms with Gasteiger partial charge in [-0.1, -0.05) is 30.3 Å². The molecule has 0 saturated carbocycles. The summed E-state index contributed by atoms with van der Waals surface area (Å²) < 4.78 is 41.9. The van der Waals surface area contributed by atoms with E-state index in [0.29, 0.717) is 11.3 Å². The lowest BCUT2D eigenvalue weighted by Gasteiger charge is -2.28. The fourth-order valence-corrected chi connectivity index (χ4v) is 4.75. The smallest absolute Gasteiger partial charge is 0.481 e. The standard InChI is InChI=1S/C33H32F3N5O4/c34-33(35,36)45-29-16-12-27(13-17-29)40-32(39-21-19-37)41(28-14-10-25(11-15-28)24-4-2-1-3-5-24)22-23-6-8-26(9-7-23)31(44)38-20-18-30(42)43/h4,6-17H,1-3,5,18,20-22H2,(H,38,44)(H,39,40)(H,42,43). The molecule has 3 aromatic carbocycles. The number of carbonyl (C=O) groups excluding carboxylic acids is 1. The summed E-state index contributed by atoms with van der Waals surface area (Å²) in [4.78, 5) is 29.4. The van der Waals surface area contributed by atoms with E-state index >= 15 is 0 Å². The molecule has 0 aliphatic heterocycles. The van der Waals surface area contributed by atoms with Gasteiger partial charge in [-0.2, -0.15) is 5.26 Å². The number of aliphatic carboxylic acids is 1. The molecule has 0 heterocycles. The average Bonchev–Trinajstić information content (AvgIpc) is 3.03. The summed E-state index contributed by atoms with van der Waals surface area (Å²) >= 11 is 0. The third-order valence-electron chi connectivity index (χ3n) is 6.92. The van der Waals surface area contributed by atoms with Crippen molar-refractivity contribution in [1.29, 1.82) is 5.26 Å². The Labute approximate surface area is 258 Å². The van der Waals surface area contributed by atoms with Crippen LogP contribution in [0.15, 0.2) is 83.9 Å². The van der Waals surface area contributed by atoms with Crippen molar-refractivity contribution in [3.63, 3.8) is 0 Å². The van der Waals surface area contributed by atoms with Crippen LogP contribution in [0.2, 0.25) is 0 Å². The molecule has 45 heavy (non-hydrogen) atoms. The number of halogens is 3. The van der Waals surface area contributed by atoms with Crippen molar-refractivity contribution in [2.45, 2.75) is 45.0 Å². The highest BCUT2D eigenvalue weighted by Crippen LogP contribution is 2.29. The van der Waals surface area contributed by atoms with Gasteiger partial charge in [0.15, 0.2) is 0 Å². The van der Waals surface area contributed by atoms with E-state index in [1.165, 1.54) is 36.3 Å². The maximum atomic E-state index is 12.7. The van der Waals surface area contributed by atoms with Gasteiger partial charge in [0.2, 0.25) is 5.96 Å². The Balaban J connectivity index is 1.62. The first-order valence-electron chi connectivity index (χ1n) is 14.3. The number of guanidine groups is 1. The summed E-state index contributed by atoms with van der Waals surface area (Å²) in [5.74, 6) is -1.51. The molecule has 0 radical (unpaired) electrons. The number of nitrogens with zero attached hydrogens (tertiary/aromatic N) is 3. The number of carboxylic acid groups (broad SMARTS) is 1. The van der Waals surface area contributed by atoms with Crippen LogP contribution in [0, 0.1) is 11.3 Å². The lowest BCUT2D eigenvalue weighted by molar-refractivity contribution is -0.274. The number of alkyl halides is 3. The van der Waals surface area contributed by atoms with E-state index in [2.05, 4.69) is 26.4 Å². The van der Waals surface area contributed by atoms with Gasteiger partial charge in [-0.3, -0.25) is 9.59 Å². The summed E-state index contributed by atoms with van der Waals surface area (Å²) in [6.45, 7) is 0.0777. The highest BCUT2D eigenvalue weighted by atomic mass is 19.4. The lowest BCUT2D eigenvalue weighted by atomic mass is 9.93. The number of rotatable bonds is 11. The fourth-order valence-electron chi connectivity index (χ4n) is 4.75. The Bertz CT molecular complexity index is 1560. The number of benzene rings is 3. The number of hydrogen-bond acceptors (Lipinski definition) is 5. The molecule has 4 rings (SSSR count). The molecule has 3 N–H and O–H groups in total. The zero-order valence-corrected chi connectivity index (χ0v) is 24.3. The first-order chi connectivity index (χ1) is 21.6. The van der Waals surface area contributed by atoms with Crippen molar-refractivity contribution < 1.29 is 32.6 Å². The van der Waals surface area contributed by atoms with Crippen LogP contribution >= 0.6 is 0 Å². The van der Waals surface area contributed by atoms with Gasteiger partial charge in [-0.05, 0) is 90.9 Å². The van der Waals surface area contributed by atoms with Gasteiger partial charge >= 0.3 is 12.3 Å². The van der Waals surface area contributed by atoms with E-state index in [-0.39, 0.29) is 37.8 Å². The minimum Gasteiger partial charge on any atom is -0.481 e. The van der Waals surface area contributed by atoms with Crippen LogP contribution in [-0.4, -0.2) is 42.4 Å². The third-order valence-corrected chi connectivity index (χ3v) is 6.92. The zero-order valence-electron chi connectivity index (χ0n) is 24.3. The topological polar surface area (TPSA) is 127 Å². The molecule has 0 spiro atoms. The SMILES string of the molecule is N#CCN=C(Nc1ccc(OC(F)(F)F)cc1)N(Cc1ccc(C(=O)NCCC(=O)O)cc1)c1ccc(C2=CCCCC2)cc1. The second-order valence-electron chi connectivity index (χ2n) is 10.2. The van der Waals surface area contributed by atoms with Crippen molar-refractivity contribution in [2.75, 3.05) is 23.3 Å². The van der Waals surface area contributed by atoms with Crippen LogP contribution in [0.5, 0.6) is 5.75 Å². The molecule has 0 saturated heterocycles. The van der Waals surface area contributed by atoms with Gasteiger partial charge in [0.05, 0.1) is 19.0 Å². The summed E-state index contributed by atoms with van der Waals surface area (Å²) in [5, 5.41) is 23.8. The molecule has 0 fully saturated rings. The number of amides is 1. The van der Waals surface area contributed by atoms with Crippen molar-refractivity contribution in [3.05, 3.63) is 95.6 Å². The van der Waals surface area contributed by atoms with Crippen LogP contribution < -0.4 is 20.3 Å². The van der Waals surface area contributed by atoms with E-state index in [9.17, 15) is 28.0 Å². The molecule has 3 aromatic rings. The summed E-state index contributed by atoms with van der Waals surface area (Å²) in [7, 11) is 0. The molecule has 1 aliphatic carbocycles. The summed E-state index contributed by atoms with van der Waals surface area (Å²) in [5.41, 5.74) is 4.71. The Kier molecular flexibility index (Phi) is 11.2. The highest BCUT2D eigenvalue weighted by molar-refractivity contribution is 6.05. The molecule has 9 nitrogen and oxygen atoms in total. The Morgan fingerprint density at radius 3 is 2.31 bits per heavy atom. The Morgan fingerprint density at radius 1 is 1.00 bits per heavy atom. The maximum absolute atomic E-state index is 12.7. The molecule has 0 bridgehead atoms. The lowest BCUT2D eigenvalue weighted by Crippen LogP contribution is -2.36. The Hall–Kier alpha value is -5.31. The first kappa shape index (κ1) is 32.6. The fraction of sp³-hybridized carbons (Fsp3) is 0.273. The molecule has 12 heteroatoms. The van der Waals surface area contributed by atoms with Crippen molar-refractivity contribution in [2.24, 2.45) is 4.99 Å². The molecule has 234 valence electrons. The van der Waals surface area contributed by atoms with Gasteiger partial charge in [-0.15, -0.1) is 13.2 Å². The molecule has 0 aromatic heterocycles. The van der Waals surface area contributed by atoms with Crippen LogP contribution in [0.3, 0.4) is 0 Å². The normalized spacial score (nSPS) is 13.3. The van der Waals surface area contributed by atoms with E-state index in [1.807, 2.05) is 35.2 Å². The van der Waals surface area contributed by atoms with Gasteiger partial charge in [-0.25, -0.2) is 4.99 Å². The van der Waals surface area contributed by atoms with E-state index in [4.69, 9.17) is 5.11 Å². The van der Waals surface area contributed by atoms with Crippen molar-refractivity contribution in [3.8, 4) is 11.8 Å². The molecular formula is C33H32F3N5O4. The number of nitrogens with one attached hydrogen (secondary N) is 2. The molecule has 1 aliphatic rings. The number of aliphatic imine (C=N–C) groups is 1. The van der Waals surface area contributed by atoms with Crippen molar-refractivity contribution in [1.82, 2.24) is 5.32 Å². The quantitative estimate of drug-likeness (QED) is 0.123. The van der Waals surface area contributed by atoms with Crippen LogP contribution in [0.4, 0.5) is 24.5 Å². The number of carboxylic acids is 1. The van der Waals surface area contributed by atoms with Gasteiger partial charge in [0.1, 0.15) is 12.3 Å². The van der Waals surface area contributed by atoms with Crippen molar-refractivity contribution >= 4 is 34.8 Å².